The summed E-state index contributed by atoms with van der Waals surface area (Å²) >= 11 is 0. The van der Waals surface area contributed by atoms with Crippen molar-refractivity contribution in [1.82, 2.24) is 4.98 Å². The van der Waals surface area contributed by atoms with Gasteiger partial charge in [0.15, 0.2) is 0 Å². The van der Waals surface area contributed by atoms with Gasteiger partial charge in [0.2, 0.25) is 5.91 Å². The number of amides is 1. The van der Waals surface area contributed by atoms with E-state index in [1.54, 1.807) is 43.3 Å². The van der Waals surface area contributed by atoms with Crippen molar-refractivity contribution in [2.75, 3.05) is 5.32 Å². The average Bonchev–Trinajstić information content (AvgIpc) is 2.64. The number of nitrogens with zero attached hydrogens (tertiary/aromatic N) is 1. The lowest BCUT2D eigenvalue weighted by Gasteiger charge is -2.19. The first-order valence-corrected chi connectivity index (χ1v) is 8.70. The van der Waals surface area contributed by atoms with Crippen LogP contribution in [0.4, 0.5) is 23.2 Å². The van der Waals surface area contributed by atoms with E-state index in [0.29, 0.717) is 16.5 Å². The fourth-order valence-electron chi connectivity index (χ4n) is 3.12. The molecule has 28 heavy (non-hydrogen) atoms. The molecule has 0 bridgehead atoms. The van der Waals surface area contributed by atoms with E-state index in [1.165, 1.54) is 18.3 Å². The number of carbonyl (C=O) groups is 1. The monoisotopic (exact) mass is 390 g/mol. The van der Waals surface area contributed by atoms with Crippen molar-refractivity contribution in [2.24, 2.45) is 5.92 Å². The molecule has 0 aliphatic carbocycles. The minimum atomic E-state index is -4.48. The maximum Gasteiger partial charge on any atom is 0.389 e. The third kappa shape index (κ3) is 4.65. The number of pyridine rings is 1. The zero-order chi connectivity index (χ0) is 20.3. The Bertz CT molecular complexity index is 987. The first-order valence-electron chi connectivity index (χ1n) is 8.70. The molecule has 1 amide bonds. The summed E-state index contributed by atoms with van der Waals surface area (Å²) < 4.78 is 52.9. The Labute approximate surface area is 159 Å². The Hall–Kier alpha value is -2.96. The number of para-hydroxylation sites is 1. The molecule has 0 unspecified atom stereocenters. The maximum absolute atomic E-state index is 13.8. The van der Waals surface area contributed by atoms with Gasteiger partial charge in [0.1, 0.15) is 11.3 Å². The van der Waals surface area contributed by atoms with Crippen LogP contribution in [0, 0.1) is 18.7 Å². The summed E-state index contributed by atoms with van der Waals surface area (Å²) in [5.41, 5.74) is 1.60. The molecule has 3 rings (SSSR count). The zero-order valence-electron chi connectivity index (χ0n) is 15.1. The SMILES string of the molecule is Cc1c(NC(=O)[C@@H](Cc2ccccc2)CC(F)(F)F)cnc2c(F)cccc12. The van der Waals surface area contributed by atoms with Crippen LogP contribution in [0.3, 0.4) is 0 Å². The summed E-state index contributed by atoms with van der Waals surface area (Å²) in [5, 5.41) is 3.03. The Balaban J connectivity index is 1.87. The highest BCUT2D eigenvalue weighted by atomic mass is 19.4. The minimum Gasteiger partial charge on any atom is -0.324 e. The number of anilines is 1. The number of hydrogen-bond acceptors (Lipinski definition) is 2. The lowest BCUT2D eigenvalue weighted by Crippen LogP contribution is -2.29. The molecule has 0 aliphatic heterocycles. The third-order valence-electron chi connectivity index (χ3n) is 4.55. The minimum absolute atomic E-state index is 0.0408. The van der Waals surface area contributed by atoms with E-state index >= 15 is 0 Å². The first-order chi connectivity index (χ1) is 13.2. The normalized spacial score (nSPS) is 12.8. The topological polar surface area (TPSA) is 42.0 Å². The number of hydrogen-bond donors (Lipinski definition) is 1. The van der Waals surface area contributed by atoms with Gasteiger partial charge in [-0.05, 0) is 30.5 Å². The average molecular weight is 390 g/mol. The number of aryl methyl sites for hydroxylation is 1. The van der Waals surface area contributed by atoms with E-state index in [1.807, 2.05) is 0 Å². The van der Waals surface area contributed by atoms with Crippen LogP contribution in [0.25, 0.3) is 10.9 Å². The van der Waals surface area contributed by atoms with Crippen molar-refractivity contribution in [3.63, 3.8) is 0 Å². The molecule has 7 heteroatoms. The molecule has 3 aromatic rings. The zero-order valence-corrected chi connectivity index (χ0v) is 15.1. The van der Waals surface area contributed by atoms with E-state index in [0.717, 1.165) is 0 Å². The van der Waals surface area contributed by atoms with Crippen molar-refractivity contribution in [3.8, 4) is 0 Å². The van der Waals surface area contributed by atoms with Crippen LogP contribution in [-0.2, 0) is 11.2 Å². The van der Waals surface area contributed by atoms with Crippen LogP contribution in [0.1, 0.15) is 17.5 Å². The summed E-state index contributed by atoms with van der Waals surface area (Å²) in [6, 6.07) is 13.0. The first kappa shape index (κ1) is 19.8. The Kier molecular flexibility index (Phi) is 5.63. The Morgan fingerprint density at radius 1 is 1.11 bits per heavy atom. The van der Waals surface area contributed by atoms with Crippen LogP contribution in [0.5, 0.6) is 0 Å². The summed E-state index contributed by atoms with van der Waals surface area (Å²) in [4.78, 5) is 16.6. The number of alkyl halides is 3. The molecule has 1 atom stereocenters. The lowest BCUT2D eigenvalue weighted by atomic mass is 9.94. The van der Waals surface area contributed by atoms with E-state index in [2.05, 4.69) is 10.3 Å². The number of benzene rings is 2. The predicted octanol–water partition coefficient (Wildman–Crippen LogP) is 5.43. The molecule has 1 N–H and O–H groups in total. The second-order valence-corrected chi connectivity index (χ2v) is 6.63. The summed E-state index contributed by atoms with van der Waals surface area (Å²) in [6.07, 6.45) is -4.48. The number of fused-ring (bicyclic) bond motifs is 1. The molecule has 1 heterocycles. The second-order valence-electron chi connectivity index (χ2n) is 6.63. The van der Waals surface area contributed by atoms with Gasteiger partial charge < -0.3 is 5.32 Å². The van der Waals surface area contributed by atoms with Crippen LogP contribution in [0.15, 0.2) is 54.7 Å². The Morgan fingerprint density at radius 3 is 2.50 bits per heavy atom. The summed E-state index contributed by atoms with van der Waals surface area (Å²) in [6.45, 7) is 1.66. The highest BCUT2D eigenvalue weighted by Crippen LogP contribution is 2.30. The van der Waals surface area contributed by atoms with Crippen LogP contribution in [0.2, 0.25) is 0 Å². The van der Waals surface area contributed by atoms with Gasteiger partial charge in [0.05, 0.1) is 24.2 Å². The fourth-order valence-corrected chi connectivity index (χ4v) is 3.12. The summed E-state index contributed by atoms with van der Waals surface area (Å²) in [5.74, 6) is -2.54. The fraction of sp³-hybridized carbons (Fsp3) is 0.238. The lowest BCUT2D eigenvalue weighted by molar-refractivity contribution is -0.152. The largest absolute Gasteiger partial charge is 0.389 e. The number of halogens is 4. The smallest absolute Gasteiger partial charge is 0.324 e. The van der Waals surface area contributed by atoms with Crippen LogP contribution in [-0.4, -0.2) is 17.1 Å². The Morgan fingerprint density at radius 2 is 1.82 bits per heavy atom. The van der Waals surface area contributed by atoms with E-state index in [-0.39, 0.29) is 17.6 Å². The van der Waals surface area contributed by atoms with E-state index in [4.69, 9.17) is 0 Å². The molecule has 146 valence electrons. The molecule has 0 spiro atoms. The van der Waals surface area contributed by atoms with Gasteiger partial charge >= 0.3 is 6.18 Å². The molecule has 1 aromatic heterocycles. The summed E-state index contributed by atoms with van der Waals surface area (Å²) in [7, 11) is 0. The van der Waals surface area contributed by atoms with E-state index in [9.17, 15) is 22.4 Å². The molecule has 0 aliphatic rings. The van der Waals surface area contributed by atoms with Gasteiger partial charge in [-0.1, -0.05) is 42.5 Å². The highest BCUT2D eigenvalue weighted by molar-refractivity contribution is 5.96. The third-order valence-corrected chi connectivity index (χ3v) is 4.55. The maximum atomic E-state index is 13.8. The van der Waals surface area contributed by atoms with Gasteiger partial charge in [-0.2, -0.15) is 13.2 Å². The number of nitrogens with one attached hydrogen (secondary N) is 1. The molecule has 0 fully saturated rings. The highest BCUT2D eigenvalue weighted by Gasteiger charge is 2.35. The van der Waals surface area contributed by atoms with Crippen molar-refractivity contribution >= 4 is 22.5 Å². The molecular formula is C21H18F4N2O. The van der Waals surface area contributed by atoms with Gasteiger partial charge in [-0.25, -0.2) is 4.39 Å². The van der Waals surface area contributed by atoms with Crippen LogP contribution < -0.4 is 5.32 Å². The standard InChI is InChI=1S/C21H18F4N2O/c1-13-16-8-5-9-17(22)19(16)26-12-18(13)27-20(28)15(11-21(23,24)25)10-14-6-3-2-4-7-14/h2-9,12,15H,10-11H2,1H3,(H,27,28)/t15-/m0/s1. The van der Waals surface area contributed by atoms with Crippen molar-refractivity contribution in [3.05, 3.63) is 71.7 Å². The second kappa shape index (κ2) is 7.96. The number of rotatable bonds is 5. The molecule has 3 nitrogen and oxygen atoms in total. The van der Waals surface area contributed by atoms with Gasteiger partial charge in [0.25, 0.3) is 0 Å². The number of carbonyl (C=O) groups excluding carboxylic acids is 1. The quantitative estimate of drug-likeness (QED) is 0.590. The van der Waals surface area contributed by atoms with Gasteiger partial charge in [-0.3, -0.25) is 9.78 Å². The predicted molar refractivity (Wildman–Crippen MR) is 99.4 cm³/mol. The molecular weight excluding hydrogens is 372 g/mol. The van der Waals surface area contributed by atoms with Crippen molar-refractivity contribution < 1.29 is 22.4 Å². The van der Waals surface area contributed by atoms with Crippen molar-refractivity contribution in [1.29, 1.82) is 0 Å². The van der Waals surface area contributed by atoms with Crippen molar-refractivity contribution in [2.45, 2.75) is 25.9 Å². The van der Waals surface area contributed by atoms with E-state index < -0.39 is 30.2 Å². The van der Waals surface area contributed by atoms with Gasteiger partial charge in [-0.15, -0.1) is 0 Å². The number of aromatic nitrogens is 1. The van der Waals surface area contributed by atoms with Gasteiger partial charge in [0, 0.05) is 5.39 Å². The van der Waals surface area contributed by atoms with Crippen LogP contribution >= 0.6 is 0 Å². The molecule has 2 aromatic carbocycles. The molecule has 0 saturated heterocycles. The molecule has 0 radical (unpaired) electrons. The molecule has 0 saturated carbocycles.